The molecule has 0 amide bonds. The highest BCUT2D eigenvalue weighted by Gasteiger charge is 2.43. The largest absolute Gasteiger partial charge is 0.486 e. The van der Waals surface area contributed by atoms with Crippen molar-refractivity contribution in [3.8, 4) is 23.1 Å². The molecule has 6 rings (SSSR count). The van der Waals surface area contributed by atoms with Crippen molar-refractivity contribution >= 4 is 50.0 Å². The third-order valence-corrected chi connectivity index (χ3v) is 9.62. The number of nitriles is 1. The summed E-state index contributed by atoms with van der Waals surface area (Å²) in [7, 11) is -4.13. The molecule has 2 fully saturated rings. The van der Waals surface area contributed by atoms with Gasteiger partial charge in [-0.05, 0) is 50.5 Å². The molecule has 1 unspecified atom stereocenters. The van der Waals surface area contributed by atoms with Crippen molar-refractivity contribution < 1.29 is 22.4 Å². The third kappa shape index (κ3) is 6.07. The maximum Gasteiger partial charge on any atom is 0.265 e. The molecule has 1 aromatic carbocycles. The first kappa shape index (κ1) is 30.6. The van der Waals surface area contributed by atoms with Crippen LogP contribution in [0.1, 0.15) is 56.6 Å². The summed E-state index contributed by atoms with van der Waals surface area (Å²) in [5, 5.41) is 16.6. The van der Waals surface area contributed by atoms with E-state index in [0.717, 1.165) is 30.2 Å². The lowest BCUT2D eigenvalue weighted by molar-refractivity contribution is -0.0365. The number of anilines is 1. The van der Waals surface area contributed by atoms with Crippen LogP contribution in [-0.2, 0) is 14.9 Å². The Labute approximate surface area is 265 Å². The highest BCUT2D eigenvalue weighted by atomic mass is 35.5. The van der Waals surface area contributed by atoms with Crippen LogP contribution in [0.25, 0.3) is 22.2 Å². The second kappa shape index (κ2) is 11.8. The van der Waals surface area contributed by atoms with Crippen molar-refractivity contribution in [3.63, 3.8) is 0 Å². The van der Waals surface area contributed by atoms with Gasteiger partial charge < -0.3 is 14.4 Å². The van der Waals surface area contributed by atoms with Gasteiger partial charge in [-0.25, -0.2) is 9.67 Å². The number of fused-ring (bicyclic) bond motifs is 1. The van der Waals surface area contributed by atoms with Gasteiger partial charge in [0.15, 0.2) is 6.23 Å². The van der Waals surface area contributed by atoms with Crippen LogP contribution in [0.2, 0.25) is 10.0 Å². The molecule has 5 heterocycles. The van der Waals surface area contributed by atoms with Crippen LogP contribution < -0.4 is 9.64 Å². The maximum atomic E-state index is 11.4. The Morgan fingerprint density at radius 1 is 1.20 bits per heavy atom. The molecule has 44 heavy (non-hydrogen) atoms. The Bertz CT molecular complexity index is 1860. The predicted octanol–water partition coefficient (Wildman–Crippen LogP) is 6.22. The Kier molecular flexibility index (Phi) is 8.19. The first-order chi connectivity index (χ1) is 20.9. The van der Waals surface area contributed by atoms with Gasteiger partial charge in [0.1, 0.15) is 29.4 Å². The van der Waals surface area contributed by atoms with Crippen LogP contribution in [0.4, 0.5) is 5.82 Å². The van der Waals surface area contributed by atoms with Gasteiger partial charge in [-0.1, -0.05) is 30.1 Å². The van der Waals surface area contributed by atoms with Gasteiger partial charge in [0.25, 0.3) is 10.1 Å². The number of nitrogens with zero attached hydrogens (tertiary/aromatic N) is 6. The number of pyridine rings is 2. The van der Waals surface area contributed by atoms with Crippen molar-refractivity contribution in [1.29, 1.82) is 5.26 Å². The fraction of sp³-hybridized carbons (Fsp3) is 0.400. The van der Waals surface area contributed by atoms with E-state index in [0.29, 0.717) is 63.7 Å². The van der Waals surface area contributed by atoms with Gasteiger partial charge in [-0.15, -0.1) is 0 Å². The zero-order chi connectivity index (χ0) is 31.2. The van der Waals surface area contributed by atoms with Gasteiger partial charge in [0, 0.05) is 60.2 Å². The number of rotatable bonds is 8. The van der Waals surface area contributed by atoms with Crippen molar-refractivity contribution in [1.82, 2.24) is 19.7 Å². The molecule has 1 N–H and O–H groups in total. The molecule has 0 spiro atoms. The second-order valence-electron chi connectivity index (χ2n) is 11.7. The normalized spacial score (nSPS) is 18.9. The summed E-state index contributed by atoms with van der Waals surface area (Å²) in [5.41, 5.74) is 2.42. The zero-order valence-electron chi connectivity index (χ0n) is 24.1. The molecule has 0 radical (unpaired) electrons. The quantitative estimate of drug-likeness (QED) is 0.217. The molecular formula is C30H30Cl2N6O5S. The molecule has 3 aromatic heterocycles. The number of hydrogen-bond donors (Lipinski definition) is 1. The van der Waals surface area contributed by atoms with E-state index in [4.69, 9.17) is 37.8 Å². The first-order valence-corrected chi connectivity index (χ1v) is 16.5. The van der Waals surface area contributed by atoms with E-state index in [1.165, 1.54) is 12.4 Å². The van der Waals surface area contributed by atoms with Crippen LogP contribution >= 0.6 is 23.2 Å². The van der Waals surface area contributed by atoms with Crippen molar-refractivity contribution in [2.24, 2.45) is 5.41 Å². The average molecular weight is 658 g/mol. The van der Waals surface area contributed by atoms with E-state index in [1.54, 1.807) is 19.2 Å². The van der Waals surface area contributed by atoms with Crippen LogP contribution in [-0.4, -0.2) is 58.2 Å². The Balaban J connectivity index is 1.36. The van der Waals surface area contributed by atoms with E-state index in [9.17, 15) is 18.2 Å². The minimum absolute atomic E-state index is 0.232. The van der Waals surface area contributed by atoms with Gasteiger partial charge in [-0.3, -0.25) is 9.54 Å². The molecule has 0 bridgehead atoms. The topological polar surface area (TPSA) is 143 Å². The summed E-state index contributed by atoms with van der Waals surface area (Å²) in [4.78, 5) is 10.5. The van der Waals surface area contributed by atoms with Crippen LogP contribution in [0.3, 0.4) is 0 Å². The van der Waals surface area contributed by atoms with Crippen LogP contribution in [0, 0.1) is 16.7 Å². The lowest BCUT2D eigenvalue weighted by Gasteiger charge is -2.48. The molecule has 0 aliphatic carbocycles. The summed E-state index contributed by atoms with van der Waals surface area (Å²) in [6.07, 6.45) is 6.85. The molecular weight excluding hydrogens is 627 g/mol. The summed E-state index contributed by atoms with van der Waals surface area (Å²) >= 11 is 12.7. The summed E-state index contributed by atoms with van der Waals surface area (Å²) < 4.78 is 46.4. The standard InChI is InChI=1S/C30H30Cl2N6O5S/c1-18(27-23(31)13-34-14-24(27)32)43-21-6-7-25-22(10-21)28(36-38(25)26-5-3-4-8-42-26)20-9-19(11-33)29(35-12-20)37-15-30(2,16-37)17-44(39,40)41/h6-7,9-10,12-14,18,26H,3-5,8,15-17H2,1-2H3,(H,39,40,41)/t18-,26?/m1/s1. The maximum absolute atomic E-state index is 11.4. The highest BCUT2D eigenvalue weighted by molar-refractivity contribution is 7.85. The molecule has 230 valence electrons. The van der Waals surface area contributed by atoms with E-state index < -0.39 is 21.6 Å². The number of aromatic nitrogens is 4. The Hall–Kier alpha value is -3.47. The van der Waals surface area contributed by atoms with E-state index >= 15 is 0 Å². The Morgan fingerprint density at radius 2 is 1.95 bits per heavy atom. The van der Waals surface area contributed by atoms with E-state index in [-0.39, 0.29) is 12.0 Å². The molecule has 2 atom stereocenters. The minimum Gasteiger partial charge on any atom is -0.486 e. The smallest absolute Gasteiger partial charge is 0.265 e. The SMILES string of the molecule is C[C@@H](Oc1ccc2c(c1)c(-c1cnc(N3CC(C)(CS(=O)(=O)O)C3)c(C#N)c1)nn2C1CCCCO1)c1c(Cl)cncc1Cl. The van der Waals surface area contributed by atoms with Crippen LogP contribution in [0.15, 0.2) is 42.9 Å². The number of hydrogen-bond acceptors (Lipinski definition) is 9. The van der Waals surface area contributed by atoms with Gasteiger partial charge >= 0.3 is 0 Å². The van der Waals surface area contributed by atoms with Crippen molar-refractivity contribution in [2.45, 2.75) is 45.4 Å². The van der Waals surface area contributed by atoms with Gasteiger partial charge in [0.2, 0.25) is 0 Å². The van der Waals surface area contributed by atoms with E-state index in [2.05, 4.69) is 16.0 Å². The summed E-state index contributed by atoms with van der Waals surface area (Å²) in [6, 6.07) is 9.66. The molecule has 0 saturated carbocycles. The lowest BCUT2D eigenvalue weighted by atomic mass is 9.84. The number of benzene rings is 1. The highest BCUT2D eigenvalue weighted by Crippen LogP contribution is 2.40. The van der Waals surface area contributed by atoms with Gasteiger partial charge in [-0.2, -0.15) is 18.8 Å². The minimum atomic E-state index is -4.13. The Morgan fingerprint density at radius 3 is 2.61 bits per heavy atom. The summed E-state index contributed by atoms with van der Waals surface area (Å²) in [6.45, 7) is 4.97. The fourth-order valence-electron chi connectivity index (χ4n) is 6.09. The molecule has 11 nitrogen and oxygen atoms in total. The molecule has 4 aromatic rings. The zero-order valence-corrected chi connectivity index (χ0v) is 26.4. The lowest BCUT2D eigenvalue weighted by Crippen LogP contribution is -2.58. The second-order valence-corrected chi connectivity index (χ2v) is 13.9. The monoisotopic (exact) mass is 656 g/mol. The van der Waals surface area contributed by atoms with Crippen molar-refractivity contribution in [2.75, 3.05) is 30.3 Å². The molecule has 2 aliphatic heterocycles. The van der Waals surface area contributed by atoms with E-state index in [1.807, 2.05) is 34.7 Å². The number of ether oxygens (including phenoxy) is 2. The third-order valence-electron chi connectivity index (χ3n) is 7.95. The average Bonchev–Trinajstić information content (AvgIpc) is 3.34. The molecule has 2 saturated heterocycles. The van der Waals surface area contributed by atoms with Crippen LogP contribution in [0.5, 0.6) is 5.75 Å². The molecule has 14 heteroatoms. The summed E-state index contributed by atoms with van der Waals surface area (Å²) in [5.74, 6) is 0.668. The molecule has 2 aliphatic rings. The van der Waals surface area contributed by atoms with Crippen molar-refractivity contribution in [3.05, 3.63) is 64.0 Å². The number of halogens is 2. The first-order valence-electron chi connectivity index (χ1n) is 14.1. The fourth-order valence-corrected chi connectivity index (χ4v) is 7.83. The van der Waals surface area contributed by atoms with Gasteiger partial charge in [0.05, 0.1) is 26.9 Å². The predicted molar refractivity (Wildman–Crippen MR) is 167 cm³/mol.